The Kier molecular flexibility index (Phi) is 7.14. The van der Waals surface area contributed by atoms with E-state index >= 15 is 0 Å². The second-order valence-corrected chi connectivity index (χ2v) is 9.26. The molecule has 28 heavy (non-hydrogen) atoms. The zero-order valence-electron chi connectivity index (χ0n) is 16.6. The number of halogens is 3. The van der Waals surface area contributed by atoms with E-state index in [1.807, 2.05) is 25.7 Å². The van der Waals surface area contributed by atoms with Crippen molar-refractivity contribution in [3.63, 3.8) is 0 Å². The Morgan fingerprint density at radius 1 is 1.32 bits per heavy atom. The van der Waals surface area contributed by atoms with E-state index in [1.165, 1.54) is 6.07 Å². The Hall–Kier alpha value is -1.61. The number of nitrogens with zero attached hydrogens (tertiary/aromatic N) is 1. The first-order valence-electron chi connectivity index (χ1n) is 9.20. The minimum absolute atomic E-state index is 0.107. The molecule has 0 spiro atoms. The molecule has 1 fully saturated rings. The molecule has 2 atom stereocenters. The Balaban J connectivity index is 1.83. The molecule has 1 aromatic rings. The van der Waals surface area contributed by atoms with Gasteiger partial charge < -0.3 is 10.1 Å². The van der Waals surface area contributed by atoms with Crippen LogP contribution >= 0.6 is 11.3 Å². The quantitative estimate of drug-likeness (QED) is 0.729. The van der Waals surface area contributed by atoms with Gasteiger partial charge in [-0.2, -0.15) is 13.2 Å². The smallest absolute Gasteiger partial charge is 0.422 e. The summed E-state index contributed by atoms with van der Waals surface area (Å²) in [6, 6.07) is 2.81. The molecule has 9 heteroatoms. The van der Waals surface area contributed by atoms with Gasteiger partial charge in [-0.3, -0.25) is 14.5 Å². The van der Waals surface area contributed by atoms with Crippen molar-refractivity contribution in [1.82, 2.24) is 10.2 Å². The van der Waals surface area contributed by atoms with Crippen LogP contribution in [0.1, 0.15) is 45.0 Å². The fourth-order valence-corrected chi connectivity index (χ4v) is 3.69. The monoisotopic (exact) mass is 420 g/mol. The van der Waals surface area contributed by atoms with Crippen LogP contribution in [0.15, 0.2) is 12.1 Å². The third-order valence-electron chi connectivity index (χ3n) is 4.61. The zero-order chi connectivity index (χ0) is 21.1. The summed E-state index contributed by atoms with van der Waals surface area (Å²) in [4.78, 5) is 27.4. The molecule has 1 saturated heterocycles. The summed E-state index contributed by atoms with van der Waals surface area (Å²) < 4.78 is 41.4. The van der Waals surface area contributed by atoms with Crippen LogP contribution in [0.5, 0.6) is 5.06 Å². The molecule has 158 valence electrons. The number of hydrogen-bond donors (Lipinski definition) is 1. The highest BCUT2D eigenvalue weighted by atomic mass is 32.1. The van der Waals surface area contributed by atoms with Crippen LogP contribution in [0.3, 0.4) is 0 Å². The van der Waals surface area contributed by atoms with Crippen LogP contribution in [0.25, 0.3) is 0 Å². The van der Waals surface area contributed by atoms with Gasteiger partial charge in [0.15, 0.2) is 17.5 Å². The summed E-state index contributed by atoms with van der Waals surface area (Å²) in [7, 11) is 0. The van der Waals surface area contributed by atoms with Gasteiger partial charge in [-0.1, -0.05) is 20.8 Å². The lowest BCUT2D eigenvalue weighted by Crippen LogP contribution is -2.37. The highest BCUT2D eigenvalue weighted by molar-refractivity contribution is 7.13. The maximum Gasteiger partial charge on any atom is 0.422 e. The molecule has 0 saturated carbocycles. The van der Waals surface area contributed by atoms with Crippen molar-refractivity contribution in [3.05, 3.63) is 17.0 Å². The number of hydrogen-bond acceptors (Lipinski definition) is 5. The van der Waals surface area contributed by atoms with Crippen molar-refractivity contribution >= 4 is 23.0 Å². The molecule has 1 amide bonds. The Bertz CT molecular complexity index is 697. The number of nitrogens with one attached hydrogen (secondary N) is 1. The number of ether oxygens (including phenoxy) is 1. The van der Waals surface area contributed by atoms with Gasteiger partial charge in [-0.25, -0.2) is 0 Å². The van der Waals surface area contributed by atoms with Gasteiger partial charge in [-0.05, 0) is 32.0 Å². The highest BCUT2D eigenvalue weighted by Crippen LogP contribution is 2.31. The van der Waals surface area contributed by atoms with E-state index < -0.39 is 18.2 Å². The first-order chi connectivity index (χ1) is 12.8. The normalized spacial score (nSPS) is 19.5. The Labute approximate surface area is 167 Å². The first-order valence-corrected chi connectivity index (χ1v) is 10.0. The maximum atomic E-state index is 12.5. The predicted octanol–water partition coefficient (Wildman–Crippen LogP) is 3.80. The molecule has 1 aliphatic heterocycles. The molecule has 2 unspecified atom stereocenters. The van der Waals surface area contributed by atoms with Gasteiger partial charge in [0.1, 0.15) is 0 Å². The molecule has 0 aliphatic carbocycles. The summed E-state index contributed by atoms with van der Waals surface area (Å²) in [6.07, 6.45) is -3.70. The lowest BCUT2D eigenvalue weighted by molar-refractivity contribution is -0.152. The molecule has 0 aromatic carbocycles. The number of carbonyl (C=O) groups excluding carboxylic acids is 2. The Morgan fingerprint density at radius 2 is 2.00 bits per heavy atom. The number of alkyl halides is 3. The van der Waals surface area contributed by atoms with E-state index in [2.05, 4.69) is 5.32 Å². The number of amides is 1. The molecule has 5 nitrogen and oxygen atoms in total. The van der Waals surface area contributed by atoms with E-state index in [4.69, 9.17) is 4.74 Å². The lowest BCUT2D eigenvalue weighted by atomic mass is 9.90. The molecule has 2 heterocycles. The van der Waals surface area contributed by atoms with Gasteiger partial charge in [0, 0.05) is 16.8 Å². The molecule has 1 aromatic heterocycles. The average molecular weight is 420 g/mol. The highest BCUT2D eigenvalue weighted by Gasteiger charge is 2.32. The van der Waals surface area contributed by atoms with Crippen molar-refractivity contribution in [1.29, 1.82) is 0 Å². The number of likely N-dealkylation sites (tertiary alicyclic amines) is 1. The van der Waals surface area contributed by atoms with Gasteiger partial charge >= 0.3 is 6.18 Å². The number of ketones is 1. The second kappa shape index (κ2) is 8.82. The van der Waals surface area contributed by atoms with Crippen LogP contribution in [-0.4, -0.2) is 49.0 Å². The molecule has 0 radical (unpaired) electrons. The summed E-state index contributed by atoms with van der Waals surface area (Å²) in [5.41, 5.74) is -0.403. The van der Waals surface area contributed by atoms with Crippen molar-refractivity contribution < 1.29 is 27.5 Å². The van der Waals surface area contributed by atoms with Crippen LogP contribution in [-0.2, 0) is 9.59 Å². The molecule has 1 aliphatic rings. The van der Waals surface area contributed by atoms with E-state index in [0.717, 1.165) is 16.2 Å². The van der Waals surface area contributed by atoms with Gasteiger partial charge in [0.25, 0.3) is 0 Å². The van der Waals surface area contributed by atoms with Crippen molar-refractivity contribution in [2.75, 3.05) is 26.2 Å². The molecular weight excluding hydrogens is 393 g/mol. The van der Waals surface area contributed by atoms with Gasteiger partial charge in [-0.15, -0.1) is 11.3 Å². The van der Waals surface area contributed by atoms with Crippen LogP contribution in [0.2, 0.25) is 0 Å². The third kappa shape index (κ3) is 6.77. The topological polar surface area (TPSA) is 58.6 Å². The van der Waals surface area contributed by atoms with Crippen LogP contribution < -0.4 is 10.1 Å². The summed E-state index contributed by atoms with van der Waals surface area (Å²) >= 11 is 1.09. The molecule has 2 rings (SSSR count). The zero-order valence-corrected chi connectivity index (χ0v) is 17.4. The summed E-state index contributed by atoms with van der Waals surface area (Å²) in [5, 5.41) is 3.08. The number of Topliss-reactive ketones (excluding diaryl/α,β-unsaturated/α-hetero) is 1. The van der Waals surface area contributed by atoms with Crippen molar-refractivity contribution in [2.45, 2.75) is 46.3 Å². The standard InChI is InChI=1S/C19H27F3N2O3S/c1-12(14-5-6-16(28-14)27-11-19(20,21)22)23-17(26)13-7-8-24(9-13)10-15(25)18(2,3)4/h5-6,12-13H,7-11H2,1-4H3,(H,23,26). The second-order valence-electron chi connectivity index (χ2n) is 8.18. The first kappa shape index (κ1) is 22.7. The number of carbonyl (C=O) groups is 2. The fraction of sp³-hybridized carbons (Fsp3) is 0.684. The molecule has 1 N–H and O–H groups in total. The SMILES string of the molecule is CC(NC(=O)C1CCN(CC(=O)C(C)(C)C)C1)c1ccc(OCC(F)(F)F)s1. The number of rotatable bonds is 7. The average Bonchev–Trinajstić information content (AvgIpc) is 3.20. The molecular formula is C19H27F3N2O3S. The minimum Gasteiger partial charge on any atom is -0.475 e. The molecule has 0 bridgehead atoms. The van der Waals surface area contributed by atoms with Gasteiger partial charge in [0.05, 0.1) is 18.5 Å². The maximum absolute atomic E-state index is 12.5. The fourth-order valence-electron chi connectivity index (χ4n) is 2.83. The van der Waals surface area contributed by atoms with E-state index in [9.17, 15) is 22.8 Å². The van der Waals surface area contributed by atoms with Crippen LogP contribution in [0, 0.1) is 11.3 Å². The summed E-state index contributed by atoms with van der Waals surface area (Å²) in [6.45, 7) is 7.66. The lowest BCUT2D eigenvalue weighted by Gasteiger charge is -2.22. The summed E-state index contributed by atoms with van der Waals surface area (Å²) in [5.74, 6) is -0.160. The minimum atomic E-state index is -4.38. The largest absolute Gasteiger partial charge is 0.475 e. The Morgan fingerprint density at radius 3 is 2.61 bits per heavy atom. The predicted molar refractivity (Wildman–Crippen MR) is 101 cm³/mol. The van der Waals surface area contributed by atoms with E-state index in [0.29, 0.717) is 26.1 Å². The van der Waals surface area contributed by atoms with Crippen LogP contribution in [0.4, 0.5) is 13.2 Å². The van der Waals surface area contributed by atoms with Crippen molar-refractivity contribution in [2.24, 2.45) is 11.3 Å². The third-order valence-corrected chi connectivity index (χ3v) is 5.79. The van der Waals surface area contributed by atoms with Gasteiger partial charge in [0.2, 0.25) is 5.91 Å². The number of thiophene rings is 1. The van der Waals surface area contributed by atoms with Crippen molar-refractivity contribution in [3.8, 4) is 5.06 Å². The van der Waals surface area contributed by atoms with E-state index in [-0.39, 0.29) is 28.7 Å². The van der Waals surface area contributed by atoms with E-state index in [1.54, 1.807) is 13.0 Å².